The molecule has 1 heterocycles. The van der Waals surface area contributed by atoms with E-state index in [1.165, 1.54) is 12.8 Å². The Morgan fingerprint density at radius 3 is 2.67 bits per heavy atom. The highest BCUT2D eigenvalue weighted by Crippen LogP contribution is 1.89. The number of thiazole rings is 1. The van der Waals surface area contributed by atoms with E-state index in [0.717, 1.165) is 13.0 Å². The first-order chi connectivity index (χ1) is 5.91. The summed E-state index contributed by atoms with van der Waals surface area (Å²) in [5.41, 5.74) is 3.89. The minimum absolute atomic E-state index is 0.730. The van der Waals surface area contributed by atoms with Crippen LogP contribution >= 0.6 is 11.3 Å². The van der Waals surface area contributed by atoms with E-state index in [0.29, 0.717) is 0 Å². The summed E-state index contributed by atoms with van der Waals surface area (Å²) >= 11 is 1.60. The molecule has 12 heavy (non-hydrogen) atoms. The molecule has 0 aromatic carbocycles. The van der Waals surface area contributed by atoms with Crippen LogP contribution < -0.4 is 5.48 Å². The quantitative estimate of drug-likeness (QED) is 0.563. The number of unbranched alkanes of at least 4 members (excludes halogenated alkanes) is 2. The highest BCUT2D eigenvalue weighted by atomic mass is 32.1. The molecular formula is C8H16N2OS. The van der Waals surface area contributed by atoms with E-state index in [4.69, 9.17) is 5.21 Å². The molecule has 0 amide bonds. The molecule has 70 valence electrons. The predicted octanol–water partition coefficient (Wildman–Crippen LogP) is 2.30. The predicted molar refractivity (Wildman–Crippen MR) is 51.4 cm³/mol. The van der Waals surface area contributed by atoms with E-state index in [2.05, 4.69) is 17.4 Å². The maximum absolute atomic E-state index is 8.04. The molecule has 0 saturated carbocycles. The van der Waals surface area contributed by atoms with Crippen LogP contribution in [0.5, 0.6) is 0 Å². The van der Waals surface area contributed by atoms with Crippen molar-refractivity contribution >= 4 is 11.3 Å². The average Bonchev–Trinajstić information content (AvgIpc) is 2.62. The molecule has 0 aliphatic heterocycles. The third-order valence-corrected chi connectivity index (χ3v) is 1.76. The van der Waals surface area contributed by atoms with Gasteiger partial charge in [-0.3, -0.25) is 4.98 Å². The van der Waals surface area contributed by atoms with Crippen LogP contribution in [0.1, 0.15) is 26.2 Å². The van der Waals surface area contributed by atoms with Crippen LogP contribution in [0.15, 0.2) is 17.1 Å². The Balaban J connectivity index is 0.000000211. The lowest BCUT2D eigenvalue weighted by atomic mass is 10.3. The van der Waals surface area contributed by atoms with Gasteiger partial charge in [-0.2, -0.15) is 0 Å². The first kappa shape index (κ1) is 11.6. The molecule has 0 aliphatic rings. The number of hydroxylamine groups is 1. The number of nitrogens with one attached hydrogen (secondary N) is 1. The lowest BCUT2D eigenvalue weighted by Crippen LogP contribution is -2.07. The molecule has 0 radical (unpaired) electrons. The zero-order valence-corrected chi connectivity index (χ0v) is 8.18. The van der Waals surface area contributed by atoms with Gasteiger partial charge in [0.25, 0.3) is 0 Å². The third-order valence-electron chi connectivity index (χ3n) is 1.24. The van der Waals surface area contributed by atoms with Crippen molar-refractivity contribution < 1.29 is 5.21 Å². The summed E-state index contributed by atoms with van der Waals surface area (Å²) in [7, 11) is 0. The Kier molecular flexibility index (Phi) is 10.2. The molecular weight excluding hydrogens is 172 g/mol. The van der Waals surface area contributed by atoms with Gasteiger partial charge >= 0.3 is 0 Å². The Morgan fingerprint density at radius 2 is 2.33 bits per heavy atom. The van der Waals surface area contributed by atoms with Crippen LogP contribution in [-0.2, 0) is 0 Å². The molecule has 0 spiro atoms. The molecule has 0 bridgehead atoms. The van der Waals surface area contributed by atoms with Gasteiger partial charge in [0.2, 0.25) is 0 Å². The molecule has 3 nitrogen and oxygen atoms in total. The van der Waals surface area contributed by atoms with Crippen molar-refractivity contribution in [2.75, 3.05) is 6.54 Å². The van der Waals surface area contributed by atoms with E-state index in [1.807, 2.05) is 5.38 Å². The molecule has 0 saturated heterocycles. The Hall–Kier alpha value is -0.450. The maximum Gasteiger partial charge on any atom is 0.0791 e. The van der Waals surface area contributed by atoms with E-state index in [-0.39, 0.29) is 0 Å². The molecule has 1 rings (SSSR count). The van der Waals surface area contributed by atoms with Crippen molar-refractivity contribution in [3.05, 3.63) is 17.1 Å². The SMILES string of the molecule is CCCCCNO.c1cscn1. The van der Waals surface area contributed by atoms with Gasteiger partial charge in [0.15, 0.2) is 0 Å². The molecule has 0 atom stereocenters. The second-order valence-corrected chi connectivity index (χ2v) is 3.05. The van der Waals surface area contributed by atoms with Crippen LogP contribution in [0.4, 0.5) is 0 Å². The second-order valence-electron chi connectivity index (χ2n) is 2.29. The van der Waals surface area contributed by atoms with Crippen LogP contribution in [0.25, 0.3) is 0 Å². The van der Waals surface area contributed by atoms with Gasteiger partial charge in [0.05, 0.1) is 5.51 Å². The number of rotatable bonds is 4. The number of aromatic nitrogens is 1. The first-order valence-corrected chi connectivity index (χ1v) is 5.05. The fourth-order valence-electron chi connectivity index (χ4n) is 0.630. The summed E-state index contributed by atoms with van der Waals surface area (Å²) in [4.78, 5) is 3.74. The zero-order valence-electron chi connectivity index (χ0n) is 7.36. The van der Waals surface area contributed by atoms with Gasteiger partial charge in [-0.05, 0) is 6.42 Å². The smallest absolute Gasteiger partial charge is 0.0791 e. The topological polar surface area (TPSA) is 45.1 Å². The summed E-state index contributed by atoms with van der Waals surface area (Å²) in [6.45, 7) is 2.87. The summed E-state index contributed by atoms with van der Waals surface area (Å²) in [6.07, 6.45) is 5.26. The van der Waals surface area contributed by atoms with Crippen LogP contribution in [0.2, 0.25) is 0 Å². The Morgan fingerprint density at radius 1 is 1.50 bits per heavy atom. The van der Waals surface area contributed by atoms with Gasteiger partial charge in [0, 0.05) is 18.1 Å². The highest BCUT2D eigenvalue weighted by Gasteiger charge is 1.79. The largest absolute Gasteiger partial charge is 0.317 e. The minimum Gasteiger partial charge on any atom is -0.317 e. The number of nitrogens with zero attached hydrogens (tertiary/aromatic N) is 1. The first-order valence-electron chi connectivity index (χ1n) is 4.11. The third kappa shape index (κ3) is 9.55. The lowest BCUT2D eigenvalue weighted by Gasteiger charge is -1.92. The van der Waals surface area contributed by atoms with Gasteiger partial charge in [-0.15, -0.1) is 11.3 Å². The van der Waals surface area contributed by atoms with E-state index in [9.17, 15) is 0 Å². The fourth-order valence-corrected chi connectivity index (χ4v) is 0.981. The maximum atomic E-state index is 8.04. The fraction of sp³-hybridized carbons (Fsp3) is 0.625. The zero-order chi connectivity index (χ0) is 9.07. The normalized spacial score (nSPS) is 8.83. The minimum atomic E-state index is 0.730. The monoisotopic (exact) mass is 188 g/mol. The molecule has 0 unspecified atom stereocenters. The van der Waals surface area contributed by atoms with Gasteiger partial charge < -0.3 is 5.21 Å². The van der Waals surface area contributed by atoms with Crippen molar-refractivity contribution in [2.45, 2.75) is 26.2 Å². The summed E-state index contributed by atoms with van der Waals surface area (Å²) < 4.78 is 0. The van der Waals surface area contributed by atoms with Crippen molar-refractivity contribution in [1.29, 1.82) is 0 Å². The standard InChI is InChI=1S/C5H13NO.C3H3NS/c1-2-3-4-5-6-7;1-2-5-3-4-1/h6-7H,2-5H2,1H3;1-3H. The van der Waals surface area contributed by atoms with Gasteiger partial charge in [-0.1, -0.05) is 19.8 Å². The average molecular weight is 188 g/mol. The summed E-state index contributed by atoms with van der Waals surface area (Å²) in [5, 5.41) is 9.97. The number of hydrogen-bond donors (Lipinski definition) is 2. The van der Waals surface area contributed by atoms with E-state index in [1.54, 1.807) is 23.0 Å². The summed E-state index contributed by atoms with van der Waals surface area (Å²) in [5.74, 6) is 0. The lowest BCUT2D eigenvalue weighted by molar-refractivity contribution is 0.165. The van der Waals surface area contributed by atoms with Gasteiger partial charge in [0.1, 0.15) is 0 Å². The molecule has 4 heteroatoms. The summed E-state index contributed by atoms with van der Waals surface area (Å²) in [6, 6.07) is 0. The van der Waals surface area contributed by atoms with Crippen LogP contribution in [0.3, 0.4) is 0 Å². The highest BCUT2D eigenvalue weighted by molar-refractivity contribution is 7.07. The molecule has 0 fully saturated rings. The van der Waals surface area contributed by atoms with Gasteiger partial charge in [-0.25, -0.2) is 5.48 Å². The van der Waals surface area contributed by atoms with Crippen molar-refractivity contribution in [3.63, 3.8) is 0 Å². The van der Waals surface area contributed by atoms with Crippen LogP contribution in [0, 0.1) is 0 Å². The van der Waals surface area contributed by atoms with E-state index < -0.39 is 0 Å². The van der Waals surface area contributed by atoms with E-state index >= 15 is 0 Å². The van der Waals surface area contributed by atoms with Crippen LogP contribution in [-0.4, -0.2) is 16.7 Å². The molecule has 1 aromatic rings. The Labute approximate surface area is 77.4 Å². The van der Waals surface area contributed by atoms with Crippen molar-refractivity contribution in [1.82, 2.24) is 10.5 Å². The second kappa shape index (κ2) is 10.6. The van der Waals surface area contributed by atoms with Crippen molar-refractivity contribution in [2.24, 2.45) is 0 Å². The molecule has 1 aromatic heterocycles. The number of hydrogen-bond acceptors (Lipinski definition) is 4. The van der Waals surface area contributed by atoms with Crippen molar-refractivity contribution in [3.8, 4) is 0 Å². The molecule has 2 N–H and O–H groups in total. The Bertz CT molecular complexity index is 124. The molecule has 0 aliphatic carbocycles.